The highest BCUT2D eigenvalue weighted by molar-refractivity contribution is 5.91. The van der Waals surface area contributed by atoms with Crippen LogP contribution in [0.3, 0.4) is 0 Å². The second kappa shape index (κ2) is 13.9. The smallest absolute Gasteiger partial charge is 0.343 e. The summed E-state index contributed by atoms with van der Waals surface area (Å²) in [4.78, 5) is 24.7. The first-order chi connectivity index (χ1) is 17.5. The van der Waals surface area contributed by atoms with Gasteiger partial charge in [0.05, 0.1) is 30.9 Å². The lowest BCUT2D eigenvalue weighted by atomic mass is 10.0. The molecule has 188 valence electrons. The largest absolute Gasteiger partial charge is 0.491 e. The summed E-state index contributed by atoms with van der Waals surface area (Å²) in [6, 6.07) is 21.2. The van der Waals surface area contributed by atoms with E-state index in [0.29, 0.717) is 55.0 Å². The molecule has 0 saturated heterocycles. The lowest BCUT2D eigenvalue weighted by Gasteiger charge is -2.10. The third-order valence-electron chi connectivity index (χ3n) is 5.54. The molecule has 0 aromatic heterocycles. The highest BCUT2D eigenvalue weighted by atomic mass is 16.5. The van der Waals surface area contributed by atoms with Gasteiger partial charge in [0.2, 0.25) is 0 Å². The van der Waals surface area contributed by atoms with Crippen LogP contribution in [0.25, 0.3) is 11.1 Å². The SMILES string of the molecule is C=CCOCCOc1ccc(C(=O)Oc2ccc(-c3ccc(C(=O)OC[C@@H](C)CC)cc3)cc2)cc1. The molecule has 0 saturated carbocycles. The van der Waals surface area contributed by atoms with Crippen LogP contribution in [0.1, 0.15) is 41.0 Å². The first kappa shape index (κ1) is 26.7. The highest BCUT2D eigenvalue weighted by Gasteiger charge is 2.11. The summed E-state index contributed by atoms with van der Waals surface area (Å²) >= 11 is 0. The van der Waals surface area contributed by atoms with Crippen molar-refractivity contribution < 1.29 is 28.5 Å². The van der Waals surface area contributed by atoms with Crippen LogP contribution in [-0.4, -0.2) is 38.4 Å². The van der Waals surface area contributed by atoms with E-state index in [2.05, 4.69) is 13.5 Å². The van der Waals surface area contributed by atoms with Crippen LogP contribution in [-0.2, 0) is 9.47 Å². The number of hydrogen-bond acceptors (Lipinski definition) is 6. The van der Waals surface area contributed by atoms with Gasteiger partial charge in [0.1, 0.15) is 18.1 Å². The molecule has 0 aliphatic heterocycles. The van der Waals surface area contributed by atoms with E-state index in [1.807, 2.05) is 31.2 Å². The minimum absolute atomic E-state index is 0.318. The molecule has 0 radical (unpaired) electrons. The molecule has 0 amide bonds. The summed E-state index contributed by atoms with van der Waals surface area (Å²) in [5, 5.41) is 0. The van der Waals surface area contributed by atoms with Gasteiger partial charge < -0.3 is 18.9 Å². The van der Waals surface area contributed by atoms with Gasteiger partial charge in [-0.3, -0.25) is 0 Å². The Morgan fingerprint density at radius 3 is 1.97 bits per heavy atom. The second-order valence-electron chi connectivity index (χ2n) is 8.34. The second-order valence-corrected chi connectivity index (χ2v) is 8.34. The average molecular weight is 489 g/mol. The normalized spacial score (nSPS) is 11.4. The Hall–Kier alpha value is -3.90. The first-order valence-corrected chi connectivity index (χ1v) is 12.0. The maximum Gasteiger partial charge on any atom is 0.343 e. The number of carbonyl (C=O) groups is 2. The molecule has 3 aromatic rings. The summed E-state index contributed by atoms with van der Waals surface area (Å²) in [6.45, 7) is 9.47. The van der Waals surface area contributed by atoms with E-state index in [9.17, 15) is 9.59 Å². The highest BCUT2D eigenvalue weighted by Crippen LogP contribution is 2.24. The zero-order valence-electron chi connectivity index (χ0n) is 20.8. The van der Waals surface area contributed by atoms with Crippen LogP contribution in [0.5, 0.6) is 11.5 Å². The summed E-state index contributed by atoms with van der Waals surface area (Å²) in [5.41, 5.74) is 2.82. The molecule has 3 aromatic carbocycles. The van der Waals surface area contributed by atoms with Crippen LogP contribution in [0.2, 0.25) is 0 Å². The van der Waals surface area contributed by atoms with Crippen molar-refractivity contribution in [1.29, 1.82) is 0 Å². The molecule has 36 heavy (non-hydrogen) atoms. The van der Waals surface area contributed by atoms with Gasteiger partial charge in [-0.2, -0.15) is 0 Å². The fourth-order valence-corrected chi connectivity index (χ4v) is 3.17. The van der Waals surface area contributed by atoms with Gasteiger partial charge in [-0.15, -0.1) is 6.58 Å². The van der Waals surface area contributed by atoms with Crippen LogP contribution < -0.4 is 9.47 Å². The number of ether oxygens (including phenoxy) is 4. The fourth-order valence-electron chi connectivity index (χ4n) is 3.17. The van der Waals surface area contributed by atoms with E-state index in [1.165, 1.54) is 0 Å². The fraction of sp³-hybridized carbons (Fsp3) is 0.267. The first-order valence-electron chi connectivity index (χ1n) is 12.0. The Labute approximate surface area is 212 Å². The number of carbonyl (C=O) groups excluding carboxylic acids is 2. The van der Waals surface area contributed by atoms with E-state index in [0.717, 1.165) is 17.5 Å². The molecule has 6 nitrogen and oxygen atoms in total. The number of rotatable bonds is 13. The maximum absolute atomic E-state index is 12.5. The zero-order valence-corrected chi connectivity index (χ0v) is 20.8. The maximum atomic E-state index is 12.5. The van der Waals surface area contributed by atoms with E-state index < -0.39 is 5.97 Å². The molecule has 0 N–H and O–H groups in total. The van der Waals surface area contributed by atoms with Gasteiger partial charge in [-0.05, 0) is 65.6 Å². The third-order valence-corrected chi connectivity index (χ3v) is 5.54. The van der Waals surface area contributed by atoms with Crippen molar-refractivity contribution in [2.75, 3.05) is 26.4 Å². The minimum Gasteiger partial charge on any atom is -0.491 e. The van der Waals surface area contributed by atoms with Crippen molar-refractivity contribution in [2.45, 2.75) is 20.3 Å². The van der Waals surface area contributed by atoms with E-state index in [1.54, 1.807) is 54.6 Å². The van der Waals surface area contributed by atoms with Crippen molar-refractivity contribution in [3.8, 4) is 22.6 Å². The summed E-state index contributed by atoms with van der Waals surface area (Å²) in [7, 11) is 0. The Balaban J connectivity index is 1.52. The van der Waals surface area contributed by atoms with Crippen LogP contribution in [0, 0.1) is 5.92 Å². The molecule has 0 bridgehead atoms. The molecular weight excluding hydrogens is 456 g/mol. The summed E-state index contributed by atoms with van der Waals surface area (Å²) in [6.07, 6.45) is 2.65. The van der Waals surface area contributed by atoms with E-state index in [-0.39, 0.29) is 5.97 Å². The summed E-state index contributed by atoms with van der Waals surface area (Å²) in [5.74, 6) is 0.652. The standard InChI is InChI=1S/C30H32O6/c1-4-18-33-19-20-34-27-14-12-26(13-15-27)30(32)36-28-16-10-24(11-17-28)23-6-8-25(9-7-23)29(31)35-21-22(3)5-2/h4,6-17,22H,1,5,18-21H2,2-3H3/t22-/m0/s1. The number of hydrogen-bond donors (Lipinski definition) is 0. The molecule has 0 spiro atoms. The van der Waals surface area contributed by atoms with Crippen molar-refractivity contribution in [2.24, 2.45) is 5.92 Å². The molecule has 6 heteroatoms. The molecular formula is C30H32O6. The predicted octanol–water partition coefficient (Wildman–Crippen LogP) is 6.36. The van der Waals surface area contributed by atoms with Crippen LogP contribution in [0.4, 0.5) is 0 Å². The third kappa shape index (κ3) is 8.10. The number of esters is 2. The quantitative estimate of drug-likeness (QED) is 0.121. The van der Waals surface area contributed by atoms with E-state index >= 15 is 0 Å². The molecule has 1 atom stereocenters. The van der Waals surface area contributed by atoms with Crippen molar-refractivity contribution >= 4 is 11.9 Å². The molecule has 0 aliphatic rings. The monoisotopic (exact) mass is 488 g/mol. The van der Waals surface area contributed by atoms with Crippen LogP contribution >= 0.6 is 0 Å². The van der Waals surface area contributed by atoms with Crippen LogP contribution in [0.15, 0.2) is 85.5 Å². The average Bonchev–Trinajstić information content (AvgIpc) is 2.92. The Morgan fingerprint density at radius 1 is 0.806 bits per heavy atom. The van der Waals surface area contributed by atoms with Gasteiger partial charge in [-0.1, -0.05) is 50.6 Å². The van der Waals surface area contributed by atoms with Crippen molar-refractivity contribution in [1.82, 2.24) is 0 Å². The Kier molecular flexibility index (Phi) is 10.3. The Bertz CT molecular complexity index is 1120. The van der Waals surface area contributed by atoms with Crippen molar-refractivity contribution in [3.05, 3.63) is 96.6 Å². The molecule has 3 rings (SSSR count). The van der Waals surface area contributed by atoms with Gasteiger partial charge in [0, 0.05) is 0 Å². The zero-order chi connectivity index (χ0) is 25.8. The van der Waals surface area contributed by atoms with Gasteiger partial charge in [-0.25, -0.2) is 9.59 Å². The van der Waals surface area contributed by atoms with E-state index in [4.69, 9.17) is 18.9 Å². The van der Waals surface area contributed by atoms with Gasteiger partial charge in [0.25, 0.3) is 0 Å². The predicted molar refractivity (Wildman–Crippen MR) is 140 cm³/mol. The molecule has 0 fully saturated rings. The topological polar surface area (TPSA) is 71.1 Å². The van der Waals surface area contributed by atoms with Crippen molar-refractivity contribution in [3.63, 3.8) is 0 Å². The lowest BCUT2D eigenvalue weighted by molar-refractivity contribution is 0.0447. The Morgan fingerprint density at radius 2 is 1.36 bits per heavy atom. The van der Waals surface area contributed by atoms with Gasteiger partial charge in [0.15, 0.2) is 0 Å². The molecule has 0 unspecified atom stereocenters. The number of benzene rings is 3. The lowest BCUT2D eigenvalue weighted by Crippen LogP contribution is -2.11. The van der Waals surface area contributed by atoms with Gasteiger partial charge >= 0.3 is 11.9 Å². The summed E-state index contributed by atoms with van der Waals surface area (Å²) < 4.78 is 21.7. The minimum atomic E-state index is -0.455. The molecule has 0 aliphatic carbocycles. The molecule has 0 heterocycles.